The Balaban J connectivity index is 2.14. The molecule has 0 unspecified atom stereocenters. The lowest BCUT2D eigenvalue weighted by atomic mass is 10.1. The van der Waals surface area contributed by atoms with Crippen molar-refractivity contribution >= 4 is 39.1 Å². The number of carbonyl (C=O) groups is 1. The molecule has 0 aliphatic carbocycles. The molecule has 2 rings (SSSR count). The van der Waals surface area contributed by atoms with E-state index < -0.39 is 5.91 Å². The molecule has 2 aromatic rings. The molecule has 4 nitrogen and oxygen atoms in total. The molecule has 0 spiro atoms. The minimum absolute atomic E-state index is 0.0786. The van der Waals surface area contributed by atoms with Gasteiger partial charge in [-0.2, -0.15) is 5.10 Å². The fraction of sp³-hybridized carbons (Fsp3) is 0.0667. The minimum Gasteiger partial charge on any atom is -0.507 e. The van der Waals surface area contributed by atoms with E-state index in [9.17, 15) is 9.90 Å². The third-order valence-electron chi connectivity index (χ3n) is 2.79. The molecule has 1 amide bonds. The summed E-state index contributed by atoms with van der Waals surface area (Å²) >= 11 is 9.16. The Morgan fingerprint density at radius 1 is 1.24 bits per heavy atom. The van der Waals surface area contributed by atoms with Gasteiger partial charge in [-0.25, -0.2) is 5.43 Å². The van der Waals surface area contributed by atoms with Crippen molar-refractivity contribution in [1.82, 2.24) is 5.43 Å². The van der Waals surface area contributed by atoms with Gasteiger partial charge in [0.15, 0.2) is 0 Å². The maximum Gasteiger partial charge on any atom is 0.275 e. The van der Waals surface area contributed by atoms with Gasteiger partial charge in [-0.3, -0.25) is 4.79 Å². The van der Waals surface area contributed by atoms with E-state index in [2.05, 4.69) is 26.5 Å². The van der Waals surface area contributed by atoms with Crippen LogP contribution in [0.25, 0.3) is 0 Å². The van der Waals surface area contributed by atoms with Crippen molar-refractivity contribution in [3.63, 3.8) is 0 Å². The molecule has 0 radical (unpaired) electrons. The number of benzene rings is 2. The molecule has 0 aliphatic rings. The molecular weight excluding hydrogens is 356 g/mol. The zero-order valence-electron chi connectivity index (χ0n) is 11.1. The Morgan fingerprint density at radius 2 is 1.90 bits per heavy atom. The van der Waals surface area contributed by atoms with Crippen molar-refractivity contribution in [3.05, 3.63) is 63.1 Å². The largest absolute Gasteiger partial charge is 0.507 e. The maximum atomic E-state index is 12.0. The molecule has 0 heterocycles. The molecule has 2 aromatic carbocycles. The van der Waals surface area contributed by atoms with E-state index in [-0.39, 0.29) is 11.3 Å². The monoisotopic (exact) mass is 366 g/mol. The van der Waals surface area contributed by atoms with Crippen LogP contribution < -0.4 is 5.43 Å². The van der Waals surface area contributed by atoms with Crippen LogP contribution in [0.5, 0.6) is 5.75 Å². The third-order valence-corrected chi connectivity index (χ3v) is 3.55. The SMILES string of the molecule is C/C(=N\NC(=O)c1cc(Cl)ccc1O)c1ccc(Br)cc1. The topological polar surface area (TPSA) is 61.7 Å². The van der Waals surface area contributed by atoms with E-state index in [1.165, 1.54) is 18.2 Å². The van der Waals surface area contributed by atoms with E-state index in [4.69, 9.17) is 11.6 Å². The molecule has 0 bridgehead atoms. The van der Waals surface area contributed by atoms with Crippen LogP contribution in [0.15, 0.2) is 52.0 Å². The van der Waals surface area contributed by atoms with Crippen LogP contribution in [0.3, 0.4) is 0 Å². The summed E-state index contributed by atoms with van der Waals surface area (Å²) in [5.41, 5.74) is 4.01. The van der Waals surface area contributed by atoms with Crippen molar-refractivity contribution in [2.24, 2.45) is 5.10 Å². The van der Waals surface area contributed by atoms with Gasteiger partial charge in [-0.1, -0.05) is 39.7 Å². The number of carbonyl (C=O) groups excluding carboxylic acids is 1. The van der Waals surface area contributed by atoms with Gasteiger partial charge >= 0.3 is 0 Å². The zero-order valence-corrected chi connectivity index (χ0v) is 13.4. The molecule has 0 saturated carbocycles. The zero-order chi connectivity index (χ0) is 15.4. The van der Waals surface area contributed by atoms with E-state index in [0.29, 0.717) is 10.7 Å². The number of phenols is 1. The van der Waals surface area contributed by atoms with Crippen molar-refractivity contribution in [1.29, 1.82) is 0 Å². The first-order chi connectivity index (χ1) is 9.97. The van der Waals surface area contributed by atoms with E-state index in [0.717, 1.165) is 10.0 Å². The number of nitrogens with zero attached hydrogens (tertiary/aromatic N) is 1. The number of aromatic hydroxyl groups is 1. The summed E-state index contributed by atoms with van der Waals surface area (Å²) < 4.78 is 0.965. The highest BCUT2D eigenvalue weighted by Gasteiger charge is 2.11. The Kier molecular flexibility index (Phi) is 4.98. The van der Waals surface area contributed by atoms with Crippen LogP contribution in [-0.4, -0.2) is 16.7 Å². The molecule has 108 valence electrons. The summed E-state index contributed by atoms with van der Waals surface area (Å²) in [7, 11) is 0. The summed E-state index contributed by atoms with van der Waals surface area (Å²) in [4.78, 5) is 12.0. The fourth-order valence-electron chi connectivity index (χ4n) is 1.64. The van der Waals surface area contributed by atoms with E-state index in [1.807, 2.05) is 24.3 Å². The van der Waals surface area contributed by atoms with Crippen LogP contribution in [0.1, 0.15) is 22.8 Å². The predicted molar refractivity (Wildman–Crippen MR) is 86.9 cm³/mol. The summed E-state index contributed by atoms with van der Waals surface area (Å²) in [6, 6.07) is 11.8. The highest BCUT2D eigenvalue weighted by atomic mass is 79.9. The Labute approximate surface area is 135 Å². The number of nitrogens with one attached hydrogen (secondary N) is 1. The molecule has 6 heteroatoms. The van der Waals surface area contributed by atoms with Crippen LogP contribution in [0.2, 0.25) is 5.02 Å². The summed E-state index contributed by atoms with van der Waals surface area (Å²) in [6.45, 7) is 1.78. The standard InChI is InChI=1S/C15H12BrClN2O2/c1-9(10-2-4-11(16)5-3-10)18-19-15(21)13-8-12(17)6-7-14(13)20/h2-8,20H,1H3,(H,19,21)/b18-9+. The number of hydrazone groups is 1. The van der Waals surface area contributed by atoms with Crippen LogP contribution in [0.4, 0.5) is 0 Å². The Bertz CT molecular complexity index is 699. The van der Waals surface area contributed by atoms with Crippen LogP contribution >= 0.6 is 27.5 Å². The second-order valence-corrected chi connectivity index (χ2v) is 5.66. The molecule has 0 atom stereocenters. The predicted octanol–water partition coefficient (Wildman–Crippen LogP) is 3.96. The number of phenolic OH excluding ortho intramolecular Hbond substituents is 1. The van der Waals surface area contributed by atoms with Gasteiger partial charge in [-0.05, 0) is 42.8 Å². The average Bonchev–Trinajstić information content (AvgIpc) is 2.47. The van der Waals surface area contributed by atoms with E-state index >= 15 is 0 Å². The lowest BCUT2D eigenvalue weighted by molar-refractivity contribution is 0.0952. The molecule has 0 fully saturated rings. The lowest BCUT2D eigenvalue weighted by Gasteiger charge is -2.05. The van der Waals surface area contributed by atoms with Crippen LogP contribution in [0, 0.1) is 0 Å². The van der Waals surface area contributed by atoms with Crippen molar-refractivity contribution in [3.8, 4) is 5.75 Å². The number of rotatable bonds is 3. The summed E-state index contributed by atoms with van der Waals surface area (Å²) in [5.74, 6) is -0.667. The smallest absolute Gasteiger partial charge is 0.275 e. The number of hydrogen-bond acceptors (Lipinski definition) is 3. The fourth-order valence-corrected chi connectivity index (χ4v) is 2.08. The molecule has 2 N–H and O–H groups in total. The molecule has 0 aromatic heterocycles. The van der Waals surface area contributed by atoms with Gasteiger partial charge in [0.1, 0.15) is 5.75 Å². The van der Waals surface area contributed by atoms with Crippen molar-refractivity contribution in [2.75, 3.05) is 0 Å². The average molecular weight is 368 g/mol. The Morgan fingerprint density at radius 3 is 2.57 bits per heavy atom. The van der Waals surface area contributed by atoms with Gasteiger partial charge in [0.25, 0.3) is 5.91 Å². The first kappa shape index (κ1) is 15.5. The number of halogens is 2. The van der Waals surface area contributed by atoms with Crippen LogP contribution in [-0.2, 0) is 0 Å². The first-order valence-corrected chi connectivity index (χ1v) is 7.23. The minimum atomic E-state index is -0.522. The highest BCUT2D eigenvalue weighted by molar-refractivity contribution is 9.10. The Hall–Kier alpha value is -1.85. The van der Waals surface area contributed by atoms with Gasteiger partial charge < -0.3 is 5.11 Å². The normalized spacial score (nSPS) is 11.3. The quantitative estimate of drug-likeness (QED) is 0.637. The number of amides is 1. The summed E-state index contributed by atoms with van der Waals surface area (Å²) in [5, 5.41) is 14.0. The molecule has 0 saturated heterocycles. The third kappa shape index (κ3) is 4.06. The highest BCUT2D eigenvalue weighted by Crippen LogP contribution is 2.21. The second kappa shape index (κ2) is 6.74. The maximum absolute atomic E-state index is 12.0. The lowest BCUT2D eigenvalue weighted by Crippen LogP contribution is -2.19. The second-order valence-electron chi connectivity index (χ2n) is 4.31. The van der Waals surface area contributed by atoms with Gasteiger partial charge in [0.2, 0.25) is 0 Å². The van der Waals surface area contributed by atoms with Gasteiger partial charge in [-0.15, -0.1) is 0 Å². The van der Waals surface area contributed by atoms with E-state index in [1.54, 1.807) is 6.92 Å². The van der Waals surface area contributed by atoms with Gasteiger partial charge in [0, 0.05) is 9.50 Å². The molecule has 21 heavy (non-hydrogen) atoms. The van der Waals surface area contributed by atoms with Crippen molar-refractivity contribution in [2.45, 2.75) is 6.92 Å². The first-order valence-electron chi connectivity index (χ1n) is 6.06. The van der Waals surface area contributed by atoms with Crippen molar-refractivity contribution < 1.29 is 9.90 Å². The molecular formula is C15H12BrClN2O2. The summed E-state index contributed by atoms with van der Waals surface area (Å²) in [6.07, 6.45) is 0. The van der Waals surface area contributed by atoms with Gasteiger partial charge in [0.05, 0.1) is 11.3 Å². The molecule has 0 aliphatic heterocycles. The number of hydrogen-bond donors (Lipinski definition) is 2.